The summed E-state index contributed by atoms with van der Waals surface area (Å²) in [6.45, 7) is 1.58. The van der Waals surface area contributed by atoms with Crippen molar-refractivity contribution in [1.29, 1.82) is 0 Å². The number of fused-ring (bicyclic) bond motifs is 1. The molecule has 0 saturated heterocycles. The number of hydrogen-bond donors (Lipinski definition) is 2. The van der Waals surface area contributed by atoms with Crippen LogP contribution in [0.1, 0.15) is 17.3 Å². The molecule has 1 aromatic rings. The second-order valence-corrected chi connectivity index (χ2v) is 3.96. The van der Waals surface area contributed by atoms with Gasteiger partial charge in [0.15, 0.2) is 6.10 Å². The van der Waals surface area contributed by atoms with Crippen molar-refractivity contribution in [1.82, 2.24) is 0 Å². The summed E-state index contributed by atoms with van der Waals surface area (Å²) in [6.07, 6.45) is -0.687. The lowest BCUT2D eigenvalue weighted by Gasteiger charge is -2.32. The summed E-state index contributed by atoms with van der Waals surface area (Å²) in [5.74, 6) is -0.963. The number of carbonyl (C=O) groups is 2. The molecule has 1 amide bonds. The van der Waals surface area contributed by atoms with Crippen LogP contribution in [0.4, 0.5) is 5.69 Å². The quantitative estimate of drug-likeness (QED) is 0.816. The van der Waals surface area contributed by atoms with Gasteiger partial charge in [-0.1, -0.05) is 0 Å². The van der Waals surface area contributed by atoms with Crippen LogP contribution in [0.25, 0.3) is 0 Å². The van der Waals surface area contributed by atoms with Crippen LogP contribution in [0.5, 0.6) is 5.75 Å². The number of hydrogen-bond acceptors (Lipinski definition) is 4. The lowest BCUT2D eigenvalue weighted by atomic mass is 10.1. The smallest absolute Gasteiger partial charge is 0.335 e. The number of anilines is 1. The van der Waals surface area contributed by atoms with Crippen LogP contribution in [0, 0.1) is 0 Å². The molecule has 0 fully saturated rings. The molecule has 1 atom stereocenters. The van der Waals surface area contributed by atoms with E-state index < -0.39 is 12.1 Å². The minimum Gasteiger partial charge on any atom is -0.479 e. The molecule has 6 nitrogen and oxygen atoms in total. The summed E-state index contributed by atoms with van der Waals surface area (Å²) in [7, 11) is 0. The predicted octanol–water partition coefficient (Wildman–Crippen LogP) is 0.491. The minimum atomic E-state index is -1.06. The highest BCUT2D eigenvalue weighted by molar-refractivity contribution is 6.00. The third-order valence-electron chi connectivity index (χ3n) is 2.74. The van der Waals surface area contributed by atoms with Gasteiger partial charge in [0.1, 0.15) is 5.75 Å². The zero-order valence-electron chi connectivity index (χ0n) is 9.79. The fourth-order valence-corrected chi connectivity index (χ4v) is 1.87. The summed E-state index contributed by atoms with van der Waals surface area (Å²) in [4.78, 5) is 24.1. The third-order valence-corrected chi connectivity index (χ3v) is 2.74. The summed E-state index contributed by atoms with van der Waals surface area (Å²) >= 11 is 0. The number of amides is 1. The van der Waals surface area contributed by atoms with E-state index in [1.807, 2.05) is 0 Å². The molecule has 0 bridgehead atoms. The SMILES string of the molecule is CC1Oc2cc(C(=O)O)ccc2N(CCO)C1=O. The Morgan fingerprint density at radius 1 is 1.50 bits per heavy atom. The second-order valence-electron chi connectivity index (χ2n) is 3.96. The van der Waals surface area contributed by atoms with Crippen molar-refractivity contribution in [2.45, 2.75) is 13.0 Å². The van der Waals surface area contributed by atoms with Gasteiger partial charge < -0.3 is 19.8 Å². The van der Waals surface area contributed by atoms with Gasteiger partial charge in [0.05, 0.1) is 17.9 Å². The van der Waals surface area contributed by atoms with Crippen molar-refractivity contribution in [3.05, 3.63) is 23.8 Å². The molecular weight excluding hydrogens is 238 g/mol. The van der Waals surface area contributed by atoms with Crippen molar-refractivity contribution in [3.8, 4) is 5.75 Å². The molecule has 2 N–H and O–H groups in total. The van der Waals surface area contributed by atoms with Crippen molar-refractivity contribution < 1.29 is 24.5 Å². The van der Waals surface area contributed by atoms with Crippen LogP contribution in [0.3, 0.4) is 0 Å². The summed E-state index contributed by atoms with van der Waals surface area (Å²) in [6, 6.07) is 4.29. The Morgan fingerprint density at radius 2 is 2.22 bits per heavy atom. The Morgan fingerprint density at radius 3 is 2.83 bits per heavy atom. The number of ether oxygens (including phenoxy) is 1. The van der Waals surface area contributed by atoms with E-state index in [9.17, 15) is 9.59 Å². The van der Waals surface area contributed by atoms with Gasteiger partial charge in [0.25, 0.3) is 5.91 Å². The van der Waals surface area contributed by atoms with Gasteiger partial charge in [0.2, 0.25) is 0 Å². The number of aromatic carboxylic acids is 1. The normalized spacial score (nSPS) is 18.2. The highest BCUT2D eigenvalue weighted by atomic mass is 16.5. The average Bonchev–Trinajstić information content (AvgIpc) is 2.34. The Bertz CT molecular complexity index is 499. The van der Waals surface area contributed by atoms with Crippen LogP contribution in [-0.2, 0) is 4.79 Å². The maximum Gasteiger partial charge on any atom is 0.335 e. The van der Waals surface area contributed by atoms with Gasteiger partial charge in [0, 0.05) is 6.54 Å². The third kappa shape index (κ3) is 2.02. The first kappa shape index (κ1) is 12.4. The number of carbonyl (C=O) groups excluding carboxylic acids is 1. The summed E-state index contributed by atoms with van der Waals surface area (Å²) in [5, 5.41) is 17.9. The number of aliphatic hydroxyl groups is 1. The molecule has 0 radical (unpaired) electrons. The van der Waals surface area contributed by atoms with Crippen molar-refractivity contribution >= 4 is 17.6 Å². The van der Waals surface area contributed by atoms with Crippen LogP contribution in [-0.4, -0.2) is 41.3 Å². The van der Waals surface area contributed by atoms with Gasteiger partial charge in [-0.25, -0.2) is 4.79 Å². The van der Waals surface area contributed by atoms with Crippen LogP contribution < -0.4 is 9.64 Å². The Kier molecular flexibility index (Phi) is 3.20. The van der Waals surface area contributed by atoms with Gasteiger partial charge in [-0.2, -0.15) is 0 Å². The Balaban J connectivity index is 2.45. The number of benzene rings is 1. The van der Waals surface area contributed by atoms with E-state index in [1.54, 1.807) is 6.92 Å². The number of β-amino-alcohol motifs (C(OH)–C–C–N with tert-alkyl or cyclic N) is 1. The number of carboxylic acid groups (broad SMARTS) is 1. The highest BCUT2D eigenvalue weighted by Crippen LogP contribution is 2.34. The van der Waals surface area contributed by atoms with E-state index in [1.165, 1.54) is 23.1 Å². The molecule has 1 aliphatic heterocycles. The molecule has 1 aliphatic rings. The summed E-state index contributed by atoms with van der Waals surface area (Å²) in [5.41, 5.74) is 0.580. The molecule has 0 spiro atoms. The zero-order valence-corrected chi connectivity index (χ0v) is 9.79. The lowest BCUT2D eigenvalue weighted by Crippen LogP contribution is -2.45. The van der Waals surface area contributed by atoms with E-state index in [-0.39, 0.29) is 24.6 Å². The second kappa shape index (κ2) is 4.66. The van der Waals surface area contributed by atoms with Gasteiger partial charge in [-0.15, -0.1) is 0 Å². The molecule has 1 unspecified atom stereocenters. The number of carboxylic acids is 1. The molecule has 2 rings (SSSR count). The first-order chi connectivity index (χ1) is 8.54. The number of rotatable bonds is 3. The fraction of sp³-hybridized carbons (Fsp3) is 0.333. The van der Waals surface area contributed by atoms with Gasteiger partial charge in [-0.3, -0.25) is 4.79 Å². The Hall–Kier alpha value is -2.08. The van der Waals surface area contributed by atoms with Crippen LogP contribution >= 0.6 is 0 Å². The summed E-state index contributed by atoms with van der Waals surface area (Å²) < 4.78 is 5.38. The van der Waals surface area contributed by atoms with E-state index in [4.69, 9.17) is 14.9 Å². The van der Waals surface area contributed by atoms with Gasteiger partial charge >= 0.3 is 5.97 Å². The maximum atomic E-state index is 11.9. The van der Waals surface area contributed by atoms with Crippen LogP contribution in [0.2, 0.25) is 0 Å². The Labute approximate surface area is 103 Å². The molecule has 18 heavy (non-hydrogen) atoms. The largest absolute Gasteiger partial charge is 0.479 e. The van der Waals surface area contributed by atoms with Crippen molar-refractivity contribution in [2.75, 3.05) is 18.1 Å². The molecular formula is C12H13NO5. The van der Waals surface area contributed by atoms with E-state index in [0.717, 1.165) is 0 Å². The first-order valence-electron chi connectivity index (χ1n) is 5.51. The highest BCUT2D eigenvalue weighted by Gasteiger charge is 2.31. The van der Waals surface area contributed by atoms with E-state index >= 15 is 0 Å². The van der Waals surface area contributed by atoms with Gasteiger partial charge in [-0.05, 0) is 25.1 Å². The minimum absolute atomic E-state index is 0.0965. The molecule has 1 aromatic carbocycles. The maximum absolute atomic E-state index is 11.9. The molecule has 1 heterocycles. The average molecular weight is 251 g/mol. The first-order valence-corrected chi connectivity index (χ1v) is 5.51. The van der Waals surface area contributed by atoms with E-state index in [0.29, 0.717) is 11.4 Å². The van der Waals surface area contributed by atoms with Crippen molar-refractivity contribution in [2.24, 2.45) is 0 Å². The predicted molar refractivity (Wildman–Crippen MR) is 62.9 cm³/mol. The van der Waals surface area contributed by atoms with Crippen LogP contribution in [0.15, 0.2) is 18.2 Å². The monoisotopic (exact) mass is 251 g/mol. The zero-order chi connectivity index (χ0) is 13.3. The molecule has 96 valence electrons. The standard InChI is InChI=1S/C12H13NO5/c1-7-11(15)13(4-5-14)9-3-2-8(12(16)17)6-10(9)18-7/h2-3,6-7,14H,4-5H2,1H3,(H,16,17). The molecule has 0 saturated carbocycles. The topological polar surface area (TPSA) is 87.1 Å². The van der Waals surface area contributed by atoms with E-state index in [2.05, 4.69) is 0 Å². The number of nitrogens with zero attached hydrogens (tertiary/aromatic N) is 1. The fourth-order valence-electron chi connectivity index (χ4n) is 1.87. The number of aliphatic hydroxyl groups excluding tert-OH is 1. The lowest BCUT2D eigenvalue weighted by molar-refractivity contribution is -0.125. The van der Waals surface area contributed by atoms with Crippen molar-refractivity contribution in [3.63, 3.8) is 0 Å². The molecule has 0 aromatic heterocycles. The molecule has 6 heteroatoms. The molecule has 0 aliphatic carbocycles.